The number of carboxylic acid groups (broad SMARTS) is 1. The molecule has 1 saturated heterocycles. The third kappa shape index (κ3) is 4.17. The molecule has 0 saturated carbocycles. The Kier molecular flexibility index (Phi) is 4.91. The second-order valence-electron chi connectivity index (χ2n) is 3.90. The van der Waals surface area contributed by atoms with Crippen molar-refractivity contribution in [1.29, 1.82) is 0 Å². The van der Waals surface area contributed by atoms with Crippen LogP contribution in [0.15, 0.2) is 38.9 Å². The third-order valence-electron chi connectivity index (χ3n) is 2.37. The van der Waals surface area contributed by atoms with E-state index in [1.165, 1.54) is 6.21 Å². The van der Waals surface area contributed by atoms with Gasteiger partial charge in [0.1, 0.15) is 5.25 Å². The fourth-order valence-electron chi connectivity index (χ4n) is 1.43. The summed E-state index contributed by atoms with van der Waals surface area (Å²) in [5.74, 6) is -1.40. The van der Waals surface area contributed by atoms with Crippen LogP contribution in [-0.2, 0) is 9.59 Å². The van der Waals surface area contributed by atoms with Crippen molar-refractivity contribution in [3.63, 3.8) is 0 Å². The highest BCUT2D eigenvalue weighted by Crippen LogP contribution is 2.20. The van der Waals surface area contributed by atoms with E-state index >= 15 is 0 Å². The minimum Gasteiger partial charge on any atom is -0.480 e. The highest BCUT2D eigenvalue weighted by atomic mass is 79.9. The first-order chi connectivity index (χ1) is 9.54. The largest absolute Gasteiger partial charge is 0.480 e. The summed E-state index contributed by atoms with van der Waals surface area (Å²) in [6, 6.07) is 7.43. The Bertz CT molecular complexity index is 586. The average molecular weight is 356 g/mol. The number of carbonyl (C=O) groups is 2. The molecule has 1 heterocycles. The van der Waals surface area contributed by atoms with E-state index in [4.69, 9.17) is 5.11 Å². The Balaban J connectivity index is 2.04. The molecule has 0 aliphatic carbocycles. The molecule has 2 N–H and O–H groups in total. The molecule has 8 heteroatoms. The van der Waals surface area contributed by atoms with Crippen molar-refractivity contribution in [3.05, 3.63) is 34.3 Å². The molecule has 1 atom stereocenters. The van der Waals surface area contributed by atoms with Gasteiger partial charge >= 0.3 is 5.97 Å². The number of carbonyl (C=O) groups excluding carboxylic acids is 1. The number of hydrogen-bond acceptors (Lipinski definition) is 5. The van der Waals surface area contributed by atoms with Crippen LogP contribution in [0.5, 0.6) is 0 Å². The van der Waals surface area contributed by atoms with Crippen molar-refractivity contribution >= 4 is 51.0 Å². The van der Waals surface area contributed by atoms with Crippen LogP contribution in [0.25, 0.3) is 0 Å². The van der Waals surface area contributed by atoms with E-state index in [0.717, 1.165) is 21.8 Å². The van der Waals surface area contributed by atoms with E-state index < -0.39 is 11.2 Å². The molecule has 1 aromatic rings. The minimum absolute atomic E-state index is 0.0601. The molecule has 20 heavy (non-hydrogen) atoms. The van der Waals surface area contributed by atoms with Crippen molar-refractivity contribution in [2.24, 2.45) is 10.2 Å². The van der Waals surface area contributed by atoms with Crippen LogP contribution in [-0.4, -0.2) is 33.6 Å². The predicted octanol–water partition coefficient (Wildman–Crippen LogP) is 1.85. The molecule has 2 rings (SSSR count). The Morgan fingerprint density at radius 3 is 2.80 bits per heavy atom. The first-order valence-electron chi connectivity index (χ1n) is 5.60. The molecule has 0 spiro atoms. The van der Waals surface area contributed by atoms with E-state index in [1.54, 1.807) is 0 Å². The molecule has 1 fully saturated rings. The van der Waals surface area contributed by atoms with Gasteiger partial charge in [0.2, 0.25) is 5.91 Å². The Labute approximate surface area is 127 Å². The minimum atomic E-state index is -1.03. The molecule has 1 aliphatic heterocycles. The van der Waals surface area contributed by atoms with Gasteiger partial charge in [0.05, 0.1) is 6.21 Å². The average Bonchev–Trinajstić information content (AvgIpc) is 2.40. The van der Waals surface area contributed by atoms with E-state index in [9.17, 15) is 9.59 Å². The van der Waals surface area contributed by atoms with Crippen LogP contribution in [0.4, 0.5) is 0 Å². The molecular formula is C12H10BrN3O3S. The van der Waals surface area contributed by atoms with Crippen molar-refractivity contribution in [3.8, 4) is 0 Å². The summed E-state index contributed by atoms with van der Waals surface area (Å²) in [5.41, 5.74) is 0.847. The van der Waals surface area contributed by atoms with Gasteiger partial charge in [0, 0.05) is 10.9 Å². The lowest BCUT2D eigenvalue weighted by Gasteiger charge is -2.18. The number of benzene rings is 1. The topological polar surface area (TPSA) is 91.1 Å². The van der Waals surface area contributed by atoms with E-state index in [1.807, 2.05) is 24.3 Å². The molecule has 1 aliphatic rings. The lowest BCUT2D eigenvalue weighted by Crippen LogP contribution is -2.40. The lowest BCUT2D eigenvalue weighted by molar-refractivity contribution is -0.138. The molecule has 0 unspecified atom stereocenters. The maximum Gasteiger partial charge on any atom is 0.317 e. The van der Waals surface area contributed by atoms with Gasteiger partial charge in [-0.2, -0.15) is 5.10 Å². The summed E-state index contributed by atoms with van der Waals surface area (Å²) in [5, 5.41) is 18.4. The van der Waals surface area contributed by atoms with E-state index in [-0.39, 0.29) is 17.5 Å². The van der Waals surface area contributed by atoms with Gasteiger partial charge in [0.25, 0.3) is 0 Å². The summed E-state index contributed by atoms with van der Waals surface area (Å²) < 4.78 is 0.959. The van der Waals surface area contributed by atoms with Crippen LogP contribution >= 0.6 is 27.7 Å². The first kappa shape index (κ1) is 14.7. The van der Waals surface area contributed by atoms with Gasteiger partial charge in [-0.3, -0.25) is 9.59 Å². The smallest absolute Gasteiger partial charge is 0.317 e. The number of hydrogen-bond donors (Lipinski definition) is 2. The Morgan fingerprint density at radius 1 is 1.45 bits per heavy atom. The van der Waals surface area contributed by atoms with Crippen LogP contribution in [0.1, 0.15) is 12.0 Å². The highest BCUT2D eigenvalue weighted by Gasteiger charge is 2.29. The second-order valence-corrected chi connectivity index (χ2v) is 6.01. The molecule has 0 bridgehead atoms. The maximum absolute atomic E-state index is 11.3. The second kappa shape index (κ2) is 6.67. The van der Waals surface area contributed by atoms with Gasteiger partial charge in [-0.1, -0.05) is 39.8 Å². The van der Waals surface area contributed by atoms with Crippen LogP contribution in [0.3, 0.4) is 0 Å². The number of nitrogens with one attached hydrogen (secondary N) is 1. The number of carboxylic acids is 1. The number of aliphatic carboxylic acids is 1. The molecule has 104 valence electrons. The highest BCUT2D eigenvalue weighted by molar-refractivity contribution is 9.10. The van der Waals surface area contributed by atoms with Crippen molar-refractivity contribution in [1.82, 2.24) is 5.32 Å². The molecule has 6 nitrogen and oxygen atoms in total. The number of halogens is 1. The Morgan fingerprint density at radius 2 is 2.15 bits per heavy atom. The number of nitrogens with zero attached hydrogens (tertiary/aromatic N) is 2. The summed E-state index contributed by atoms with van der Waals surface area (Å²) in [7, 11) is 0. The zero-order chi connectivity index (χ0) is 14.5. The SMILES string of the molecule is O=C1C[C@H](C(=O)O)SC(=NN=Cc2ccc(Br)cc2)N1. The quantitative estimate of drug-likeness (QED) is 0.639. The lowest BCUT2D eigenvalue weighted by atomic mass is 10.2. The van der Waals surface area contributed by atoms with Crippen molar-refractivity contribution in [2.75, 3.05) is 0 Å². The van der Waals surface area contributed by atoms with Gasteiger partial charge in [-0.25, -0.2) is 0 Å². The predicted molar refractivity (Wildman–Crippen MR) is 80.9 cm³/mol. The van der Waals surface area contributed by atoms with Gasteiger partial charge < -0.3 is 10.4 Å². The molecule has 0 aromatic heterocycles. The molecule has 1 aromatic carbocycles. The molecule has 0 radical (unpaired) electrons. The maximum atomic E-state index is 11.3. The van der Waals surface area contributed by atoms with Gasteiger partial charge in [-0.15, -0.1) is 5.10 Å². The van der Waals surface area contributed by atoms with E-state index in [2.05, 4.69) is 31.4 Å². The van der Waals surface area contributed by atoms with Gasteiger partial charge in [-0.05, 0) is 17.7 Å². The van der Waals surface area contributed by atoms with Crippen molar-refractivity contribution < 1.29 is 14.7 Å². The van der Waals surface area contributed by atoms with Crippen LogP contribution in [0.2, 0.25) is 0 Å². The fourth-order valence-corrected chi connectivity index (χ4v) is 2.56. The number of thioether (sulfide) groups is 1. The summed E-state index contributed by atoms with van der Waals surface area (Å²) >= 11 is 4.30. The standard InChI is InChI=1S/C12H10BrN3O3S/c13-8-3-1-7(2-4-8)6-14-16-12-15-10(17)5-9(20-12)11(18)19/h1-4,6,9H,5H2,(H,18,19)(H,15,16,17)/t9-/m1/s1. The summed E-state index contributed by atoms with van der Waals surface area (Å²) in [4.78, 5) is 22.2. The first-order valence-corrected chi connectivity index (χ1v) is 7.28. The normalized spacial score (nSPS) is 21.1. The number of amides is 1. The number of rotatable bonds is 3. The van der Waals surface area contributed by atoms with Crippen LogP contribution < -0.4 is 5.32 Å². The number of amidine groups is 1. The molecule has 1 amide bonds. The van der Waals surface area contributed by atoms with Gasteiger partial charge in [0.15, 0.2) is 5.17 Å². The van der Waals surface area contributed by atoms with Crippen molar-refractivity contribution in [2.45, 2.75) is 11.7 Å². The summed E-state index contributed by atoms with van der Waals surface area (Å²) in [6.07, 6.45) is 1.46. The monoisotopic (exact) mass is 355 g/mol. The third-order valence-corrected chi connectivity index (χ3v) is 3.96. The Hall–Kier alpha value is -1.67. The van der Waals surface area contributed by atoms with Crippen LogP contribution in [0, 0.1) is 0 Å². The summed E-state index contributed by atoms with van der Waals surface area (Å²) in [6.45, 7) is 0. The van der Waals surface area contributed by atoms with E-state index in [0.29, 0.717) is 0 Å². The molecular weight excluding hydrogens is 346 g/mol. The fraction of sp³-hybridized carbons (Fsp3) is 0.167. The zero-order valence-corrected chi connectivity index (χ0v) is 12.5. The zero-order valence-electron chi connectivity index (χ0n) is 10.1.